The number of nitrogens with one attached hydrogen (secondary N) is 2. The van der Waals surface area contributed by atoms with E-state index in [1.54, 1.807) is 19.2 Å². The SMILES string of the molecule is CNC(=O)c1ccc2c3c([nH]c2c1)C(CO)N(Cc1ccccc1F)CC31CCN(C(=O)C2CCC2)CC1. The van der Waals surface area contributed by atoms with Gasteiger partial charge in [-0.15, -0.1) is 0 Å². The molecule has 3 heterocycles. The molecule has 38 heavy (non-hydrogen) atoms. The molecule has 2 aliphatic heterocycles. The second-order valence-corrected chi connectivity index (χ2v) is 11.2. The minimum atomic E-state index is -0.333. The Kier molecular flexibility index (Phi) is 6.48. The number of benzene rings is 2. The summed E-state index contributed by atoms with van der Waals surface area (Å²) < 4.78 is 14.7. The number of likely N-dealkylation sites (tertiary alicyclic amines) is 1. The number of hydrogen-bond acceptors (Lipinski definition) is 4. The zero-order valence-corrected chi connectivity index (χ0v) is 21.8. The predicted molar refractivity (Wildman–Crippen MR) is 143 cm³/mol. The molecule has 1 atom stereocenters. The normalized spacial score (nSPS) is 21.3. The molecule has 7 nitrogen and oxygen atoms in total. The van der Waals surface area contributed by atoms with E-state index in [1.807, 2.05) is 29.2 Å². The molecule has 200 valence electrons. The van der Waals surface area contributed by atoms with E-state index in [1.165, 1.54) is 11.6 Å². The van der Waals surface area contributed by atoms with Crippen LogP contribution in [-0.2, 0) is 16.8 Å². The molecule has 1 aromatic heterocycles. The first-order valence-electron chi connectivity index (χ1n) is 13.7. The van der Waals surface area contributed by atoms with Gasteiger partial charge in [0.05, 0.1) is 12.6 Å². The first-order valence-corrected chi connectivity index (χ1v) is 13.7. The van der Waals surface area contributed by atoms with E-state index >= 15 is 0 Å². The van der Waals surface area contributed by atoms with Crippen LogP contribution in [0.25, 0.3) is 10.9 Å². The molecule has 2 amide bonds. The highest BCUT2D eigenvalue weighted by Crippen LogP contribution is 2.49. The minimum Gasteiger partial charge on any atom is -0.394 e. The number of H-pyrrole nitrogens is 1. The highest BCUT2D eigenvalue weighted by atomic mass is 19.1. The van der Waals surface area contributed by atoms with Crippen molar-refractivity contribution in [2.75, 3.05) is 33.3 Å². The highest BCUT2D eigenvalue weighted by molar-refractivity contribution is 5.99. The Balaban J connectivity index is 1.41. The van der Waals surface area contributed by atoms with Crippen LogP contribution in [0.3, 0.4) is 0 Å². The summed E-state index contributed by atoms with van der Waals surface area (Å²) in [6.45, 7) is 2.31. The van der Waals surface area contributed by atoms with Gasteiger partial charge in [-0.2, -0.15) is 0 Å². The summed E-state index contributed by atoms with van der Waals surface area (Å²) in [6.07, 6.45) is 4.73. The number of nitrogens with zero attached hydrogens (tertiary/aromatic N) is 2. The summed E-state index contributed by atoms with van der Waals surface area (Å²) >= 11 is 0. The lowest BCUT2D eigenvalue weighted by Crippen LogP contribution is -2.55. The molecule has 1 saturated heterocycles. The van der Waals surface area contributed by atoms with Crippen LogP contribution in [0.15, 0.2) is 42.5 Å². The molecule has 3 N–H and O–H groups in total. The lowest BCUT2D eigenvalue weighted by Gasteiger charge is -2.50. The summed E-state index contributed by atoms with van der Waals surface area (Å²) in [5, 5.41) is 14.3. The molecule has 1 spiro atoms. The highest BCUT2D eigenvalue weighted by Gasteiger charge is 2.48. The Labute approximate surface area is 222 Å². The van der Waals surface area contributed by atoms with Crippen LogP contribution >= 0.6 is 0 Å². The van der Waals surface area contributed by atoms with Gasteiger partial charge in [-0.25, -0.2) is 4.39 Å². The zero-order chi connectivity index (χ0) is 26.4. The van der Waals surface area contributed by atoms with Gasteiger partial charge in [0, 0.05) is 72.3 Å². The van der Waals surface area contributed by atoms with Crippen molar-refractivity contribution in [1.82, 2.24) is 20.1 Å². The maximum absolute atomic E-state index is 14.7. The third-order valence-corrected chi connectivity index (χ3v) is 9.12. The van der Waals surface area contributed by atoms with E-state index in [0.717, 1.165) is 48.7 Å². The van der Waals surface area contributed by atoms with Gasteiger partial charge in [0.15, 0.2) is 0 Å². The fourth-order valence-electron chi connectivity index (χ4n) is 6.78. The third-order valence-electron chi connectivity index (χ3n) is 9.12. The second kappa shape index (κ2) is 9.82. The molecule has 6 rings (SSSR count). The number of aromatic nitrogens is 1. The molecule has 0 bridgehead atoms. The van der Waals surface area contributed by atoms with Crippen molar-refractivity contribution in [3.8, 4) is 0 Å². The van der Waals surface area contributed by atoms with E-state index < -0.39 is 0 Å². The molecular weight excluding hydrogens is 483 g/mol. The number of carbonyl (C=O) groups excluding carboxylic acids is 2. The maximum atomic E-state index is 14.7. The lowest BCUT2D eigenvalue weighted by atomic mass is 9.68. The smallest absolute Gasteiger partial charge is 0.251 e. The molecule has 3 aliphatic rings. The molecular formula is C30H35FN4O3. The van der Waals surface area contributed by atoms with Gasteiger partial charge in [0.25, 0.3) is 5.91 Å². The number of aliphatic hydroxyl groups is 1. The minimum absolute atomic E-state index is 0.112. The standard InChI is InChI=1S/C30H35FN4O3/c1-32-28(37)20-9-10-22-24(15-20)33-27-25(17-36)35(16-21-5-2-3-8-23(21)31)18-30(26(22)27)11-13-34(14-12-30)29(38)19-6-4-7-19/h2-3,5,8-10,15,19,25,33,36H,4,6-7,11-14,16-18H2,1H3,(H,32,37). The molecule has 1 unspecified atom stereocenters. The fraction of sp³-hybridized carbons (Fsp3) is 0.467. The summed E-state index contributed by atoms with van der Waals surface area (Å²) in [7, 11) is 1.61. The average Bonchev–Trinajstić information content (AvgIpc) is 3.28. The number of piperidine rings is 1. The number of carbonyl (C=O) groups is 2. The van der Waals surface area contributed by atoms with E-state index in [9.17, 15) is 19.1 Å². The third kappa shape index (κ3) is 4.10. The summed E-state index contributed by atoms with van der Waals surface area (Å²) in [6, 6.07) is 12.2. The molecule has 1 aliphatic carbocycles. The van der Waals surface area contributed by atoms with Crippen LogP contribution in [0, 0.1) is 11.7 Å². The first kappa shape index (κ1) is 25.1. The fourth-order valence-corrected chi connectivity index (χ4v) is 6.78. The first-order chi connectivity index (χ1) is 18.4. The van der Waals surface area contributed by atoms with E-state index in [4.69, 9.17) is 0 Å². The van der Waals surface area contributed by atoms with E-state index in [0.29, 0.717) is 37.3 Å². The number of aliphatic hydroxyl groups excluding tert-OH is 1. The van der Waals surface area contributed by atoms with E-state index in [2.05, 4.69) is 15.2 Å². The topological polar surface area (TPSA) is 88.7 Å². The number of hydrogen-bond donors (Lipinski definition) is 3. The van der Waals surface area contributed by atoms with Gasteiger partial charge < -0.3 is 20.3 Å². The van der Waals surface area contributed by atoms with Gasteiger partial charge in [-0.1, -0.05) is 30.7 Å². The van der Waals surface area contributed by atoms with Gasteiger partial charge in [-0.3, -0.25) is 14.5 Å². The Morgan fingerprint density at radius 2 is 1.92 bits per heavy atom. The van der Waals surface area contributed by atoms with Crippen LogP contribution in [0.4, 0.5) is 4.39 Å². The van der Waals surface area contributed by atoms with Crippen molar-refractivity contribution in [3.05, 3.63) is 70.7 Å². The summed E-state index contributed by atoms with van der Waals surface area (Å²) in [5.41, 5.74) is 3.87. The molecule has 2 fully saturated rings. The van der Waals surface area contributed by atoms with Gasteiger partial charge in [0.1, 0.15) is 5.82 Å². The van der Waals surface area contributed by atoms with Crippen LogP contribution in [0.1, 0.15) is 65.3 Å². The van der Waals surface area contributed by atoms with Crippen LogP contribution < -0.4 is 5.32 Å². The Hall–Kier alpha value is -3.23. The van der Waals surface area contributed by atoms with Crippen molar-refractivity contribution >= 4 is 22.7 Å². The zero-order valence-electron chi connectivity index (χ0n) is 21.8. The molecule has 2 aromatic carbocycles. The lowest BCUT2D eigenvalue weighted by molar-refractivity contribution is -0.140. The number of amides is 2. The van der Waals surface area contributed by atoms with Crippen molar-refractivity contribution in [2.24, 2.45) is 5.92 Å². The number of halogens is 1. The van der Waals surface area contributed by atoms with Crippen molar-refractivity contribution in [1.29, 1.82) is 0 Å². The van der Waals surface area contributed by atoms with Crippen LogP contribution in [0.5, 0.6) is 0 Å². The van der Waals surface area contributed by atoms with Gasteiger partial charge in [-0.05, 0) is 49.4 Å². The van der Waals surface area contributed by atoms with Crippen molar-refractivity contribution in [2.45, 2.75) is 50.1 Å². The van der Waals surface area contributed by atoms with Crippen LogP contribution in [0.2, 0.25) is 0 Å². The largest absolute Gasteiger partial charge is 0.394 e. The van der Waals surface area contributed by atoms with E-state index in [-0.39, 0.29) is 41.6 Å². The quantitative estimate of drug-likeness (QED) is 0.479. The Bertz CT molecular complexity index is 1370. The number of fused-ring (bicyclic) bond motifs is 4. The van der Waals surface area contributed by atoms with Gasteiger partial charge in [0.2, 0.25) is 5.91 Å². The monoisotopic (exact) mass is 518 g/mol. The molecule has 0 radical (unpaired) electrons. The van der Waals surface area contributed by atoms with Crippen molar-refractivity contribution < 1.29 is 19.1 Å². The molecule has 3 aromatic rings. The second-order valence-electron chi connectivity index (χ2n) is 11.2. The number of aromatic amines is 1. The summed E-state index contributed by atoms with van der Waals surface area (Å²) in [4.78, 5) is 33.1. The predicted octanol–water partition coefficient (Wildman–Crippen LogP) is 3.88. The van der Waals surface area contributed by atoms with Crippen molar-refractivity contribution in [3.63, 3.8) is 0 Å². The maximum Gasteiger partial charge on any atom is 0.251 e. The Morgan fingerprint density at radius 3 is 2.58 bits per heavy atom. The molecule has 1 saturated carbocycles. The summed E-state index contributed by atoms with van der Waals surface area (Å²) in [5.74, 6) is 0.0555. The Morgan fingerprint density at radius 1 is 1.16 bits per heavy atom. The molecule has 8 heteroatoms. The van der Waals surface area contributed by atoms with Crippen LogP contribution in [-0.4, -0.2) is 65.0 Å². The van der Waals surface area contributed by atoms with Gasteiger partial charge >= 0.3 is 0 Å². The number of rotatable bonds is 5. The average molecular weight is 519 g/mol.